The molecule has 1 aliphatic heterocycles. The Balaban J connectivity index is 1.32. The van der Waals surface area contributed by atoms with Crippen molar-refractivity contribution in [3.8, 4) is 5.75 Å². The monoisotopic (exact) mass is 554 g/mol. The van der Waals surface area contributed by atoms with E-state index in [1.54, 1.807) is 36.0 Å². The Kier molecular flexibility index (Phi) is 7.96. The zero-order valence-electron chi connectivity index (χ0n) is 23.5. The van der Waals surface area contributed by atoms with Crippen molar-refractivity contribution in [2.45, 2.75) is 38.5 Å². The van der Waals surface area contributed by atoms with Gasteiger partial charge in [-0.15, -0.1) is 0 Å². The van der Waals surface area contributed by atoms with Crippen LogP contribution >= 0.6 is 0 Å². The molecule has 4 aromatic rings. The second-order valence-corrected chi connectivity index (χ2v) is 10.5. The van der Waals surface area contributed by atoms with Crippen LogP contribution in [0.3, 0.4) is 0 Å². The SMILES string of the molecule is COC(=O)C[C@H]1Nc2ccc(CC(=O)N(C)Cc3cc4ccccc4n3Cc3ccc(O)cc3)cc2CN(C)C1=O. The molecule has 0 radical (unpaired) electrons. The molecule has 0 spiro atoms. The zero-order chi connectivity index (χ0) is 29.1. The number of rotatable bonds is 8. The molecule has 2 N–H and O–H groups in total. The second kappa shape index (κ2) is 11.8. The smallest absolute Gasteiger partial charge is 0.308 e. The average Bonchev–Trinajstić information content (AvgIpc) is 3.25. The summed E-state index contributed by atoms with van der Waals surface area (Å²) in [6.07, 6.45) is 0.152. The van der Waals surface area contributed by atoms with E-state index in [9.17, 15) is 19.5 Å². The number of esters is 1. The fourth-order valence-corrected chi connectivity index (χ4v) is 5.28. The first-order valence-corrected chi connectivity index (χ1v) is 13.5. The molecule has 1 aliphatic rings. The van der Waals surface area contributed by atoms with Crippen molar-refractivity contribution in [1.29, 1.82) is 0 Å². The van der Waals surface area contributed by atoms with Crippen LogP contribution in [0.15, 0.2) is 72.8 Å². The Morgan fingerprint density at radius 3 is 2.54 bits per heavy atom. The number of aromatic hydroxyl groups is 1. The van der Waals surface area contributed by atoms with E-state index in [0.29, 0.717) is 19.6 Å². The van der Waals surface area contributed by atoms with Crippen molar-refractivity contribution < 1.29 is 24.2 Å². The standard InChI is InChI=1S/C32H34N4O5/c1-34(20-25-16-23-6-4-5-7-29(23)36(25)18-21-8-11-26(37)12-9-21)30(38)15-22-10-13-27-24(14-22)19-35(2)32(40)28(33-27)17-31(39)41-3/h4-14,16,28,33,37H,15,17-20H2,1-3H3/t28-/m1/s1. The normalized spacial score (nSPS) is 14.8. The summed E-state index contributed by atoms with van der Waals surface area (Å²) in [5.41, 5.74) is 5.64. The maximum absolute atomic E-state index is 13.4. The average molecular weight is 555 g/mol. The summed E-state index contributed by atoms with van der Waals surface area (Å²) >= 11 is 0. The van der Waals surface area contributed by atoms with Gasteiger partial charge in [0.1, 0.15) is 11.8 Å². The Labute approximate surface area is 238 Å². The number of carbonyl (C=O) groups is 3. The lowest BCUT2D eigenvalue weighted by atomic mass is 10.0. The Bertz CT molecular complexity index is 1590. The third-order valence-electron chi connectivity index (χ3n) is 7.53. The van der Waals surface area contributed by atoms with E-state index in [-0.39, 0.29) is 30.4 Å². The van der Waals surface area contributed by atoms with Crippen molar-refractivity contribution >= 4 is 34.4 Å². The Morgan fingerprint density at radius 1 is 1.05 bits per heavy atom. The number of phenolic OH excluding ortho intramolecular Hbond substituents is 1. The summed E-state index contributed by atoms with van der Waals surface area (Å²) in [6, 6.07) is 22.4. The van der Waals surface area contributed by atoms with Gasteiger partial charge in [-0.1, -0.05) is 42.5 Å². The van der Waals surface area contributed by atoms with Gasteiger partial charge in [0.15, 0.2) is 0 Å². The van der Waals surface area contributed by atoms with E-state index < -0.39 is 12.0 Å². The molecular weight excluding hydrogens is 520 g/mol. The number of ether oxygens (including phenoxy) is 1. The third-order valence-corrected chi connectivity index (χ3v) is 7.53. The molecule has 1 atom stereocenters. The van der Waals surface area contributed by atoms with Crippen molar-refractivity contribution in [2.24, 2.45) is 0 Å². The van der Waals surface area contributed by atoms with E-state index >= 15 is 0 Å². The molecule has 41 heavy (non-hydrogen) atoms. The molecule has 0 fully saturated rings. The molecule has 9 heteroatoms. The number of carbonyl (C=O) groups excluding carboxylic acids is 3. The second-order valence-electron chi connectivity index (χ2n) is 10.5. The molecule has 2 heterocycles. The minimum absolute atomic E-state index is 0.0269. The third kappa shape index (κ3) is 6.19. The quantitative estimate of drug-likeness (QED) is 0.320. The van der Waals surface area contributed by atoms with Gasteiger partial charge in [-0.25, -0.2) is 0 Å². The topological polar surface area (TPSA) is 104 Å². The molecule has 0 aliphatic carbocycles. The van der Waals surface area contributed by atoms with Crippen molar-refractivity contribution in [1.82, 2.24) is 14.4 Å². The van der Waals surface area contributed by atoms with Crippen molar-refractivity contribution in [2.75, 3.05) is 26.5 Å². The van der Waals surface area contributed by atoms with Gasteiger partial charge in [0.2, 0.25) is 11.8 Å². The van der Waals surface area contributed by atoms with Gasteiger partial charge < -0.3 is 29.5 Å². The molecule has 3 aromatic carbocycles. The van der Waals surface area contributed by atoms with Gasteiger partial charge in [-0.3, -0.25) is 14.4 Å². The van der Waals surface area contributed by atoms with E-state index in [2.05, 4.69) is 28.1 Å². The number of phenols is 1. The fourth-order valence-electron chi connectivity index (χ4n) is 5.28. The highest BCUT2D eigenvalue weighted by Crippen LogP contribution is 2.26. The first kappa shape index (κ1) is 27.8. The molecule has 0 bridgehead atoms. The number of anilines is 1. The number of benzene rings is 3. The van der Waals surface area contributed by atoms with E-state index in [1.165, 1.54) is 7.11 Å². The number of nitrogens with zero attached hydrogens (tertiary/aromatic N) is 3. The molecule has 9 nitrogen and oxygen atoms in total. The van der Waals surface area contributed by atoms with Gasteiger partial charge in [-0.2, -0.15) is 0 Å². The van der Waals surface area contributed by atoms with Crippen LogP contribution in [0.5, 0.6) is 5.75 Å². The maximum atomic E-state index is 13.4. The van der Waals surface area contributed by atoms with Gasteiger partial charge in [0.05, 0.1) is 26.5 Å². The van der Waals surface area contributed by atoms with Crippen molar-refractivity contribution in [3.63, 3.8) is 0 Å². The number of methoxy groups -OCH3 is 1. The molecule has 0 saturated heterocycles. The molecule has 212 valence electrons. The van der Waals surface area contributed by atoms with Crippen LogP contribution in [0.1, 0.15) is 28.8 Å². The summed E-state index contributed by atoms with van der Waals surface area (Å²) in [5, 5.41) is 14.0. The highest BCUT2D eigenvalue weighted by Gasteiger charge is 2.29. The van der Waals surface area contributed by atoms with Crippen molar-refractivity contribution in [3.05, 3.63) is 95.2 Å². The van der Waals surface area contributed by atoms with E-state index in [4.69, 9.17) is 4.74 Å². The summed E-state index contributed by atoms with van der Waals surface area (Å²) < 4.78 is 6.95. The maximum Gasteiger partial charge on any atom is 0.308 e. The predicted octanol–water partition coefficient (Wildman–Crippen LogP) is 3.91. The molecule has 1 aromatic heterocycles. The summed E-state index contributed by atoms with van der Waals surface area (Å²) in [6.45, 7) is 1.42. The first-order valence-electron chi connectivity index (χ1n) is 13.5. The number of hydrogen-bond acceptors (Lipinski definition) is 6. The number of hydrogen-bond donors (Lipinski definition) is 2. The number of nitrogens with one attached hydrogen (secondary N) is 1. The Morgan fingerprint density at radius 2 is 1.78 bits per heavy atom. The highest BCUT2D eigenvalue weighted by molar-refractivity contribution is 5.90. The lowest BCUT2D eigenvalue weighted by molar-refractivity contribution is -0.143. The van der Waals surface area contributed by atoms with Crippen LogP contribution in [0, 0.1) is 0 Å². The molecule has 0 saturated carbocycles. The largest absolute Gasteiger partial charge is 0.508 e. The molecule has 5 rings (SSSR count). The lowest BCUT2D eigenvalue weighted by Crippen LogP contribution is -2.39. The van der Waals surface area contributed by atoms with Crippen LogP contribution in [-0.4, -0.2) is 64.5 Å². The molecular formula is C32H34N4O5. The van der Waals surface area contributed by atoms with Crippen LogP contribution < -0.4 is 5.32 Å². The van der Waals surface area contributed by atoms with E-state index in [1.807, 2.05) is 42.5 Å². The van der Waals surface area contributed by atoms with Crippen LogP contribution in [0.2, 0.25) is 0 Å². The number of aromatic nitrogens is 1. The van der Waals surface area contributed by atoms with Gasteiger partial charge in [-0.05, 0) is 52.4 Å². The fraction of sp³-hybridized carbons (Fsp3) is 0.281. The lowest BCUT2D eigenvalue weighted by Gasteiger charge is -2.20. The minimum Gasteiger partial charge on any atom is -0.508 e. The first-order chi connectivity index (χ1) is 19.7. The zero-order valence-corrected chi connectivity index (χ0v) is 23.5. The van der Waals surface area contributed by atoms with Crippen LogP contribution in [-0.2, 0) is 45.2 Å². The summed E-state index contributed by atoms with van der Waals surface area (Å²) in [4.78, 5) is 41.3. The van der Waals surface area contributed by atoms with Gasteiger partial charge in [0, 0.05) is 44.1 Å². The molecule has 2 amide bonds. The summed E-state index contributed by atoms with van der Waals surface area (Å²) in [5.74, 6) is -0.447. The number of para-hydroxylation sites is 1. The predicted molar refractivity (Wildman–Crippen MR) is 156 cm³/mol. The van der Waals surface area contributed by atoms with E-state index in [0.717, 1.165) is 39.0 Å². The Hall–Kier alpha value is -4.79. The van der Waals surface area contributed by atoms with Crippen LogP contribution in [0.4, 0.5) is 5.69 Å². The number of amides is 2. The molecule has 0 unspecified atom stereocenters. The van der Waals surface area contributed by atoms with Gasteiger partial charge >= 0.3 is 5.97 Å². The number of fused-ring (bicyclic) bond motifs is 2. The summed E-state index contributed by atoms with van der Waals surface area (Å²) in [7, 11) is 4.81. The van der Waals surface area contributed by atoms with Crippen LogP contribution in [0.25, 0.3) is 10.9 Å². The van der Waals surface area contributed by atoms with Gasteiger partial charge in [0.25, 0.3) is 0 Å². The number of likely N-dealkylation sites (N-methyl/N-ethyl adjacent to an activating group) is 2. The minimum atomic E-state index is -0.708. The highest BCUT2D eigenvalue weighted by atomic mass is 16.5.